The Morgan fingerprint density at radius 3 is 2.50 bits per heavy atom. The molecule has 56 valence electrons. The van der Waals surface area contributed by atoms with Gasteiger partial charge in [0.05, 0.1) is 0 Å². The van der Waals surface area contributed by atoms with Crippen molar-refractivity contribution in [2.75, 3.05) is 7.05 Å². The summed E-state index contributed by atoms with van der Waals surface area (Å²) in [5.41, 5.74) is 1.14. The van der Waals surface area contributed by atoms with E-state index in [1.165, 1.54) is 0 Å². The molecule has 0 aromatic heterocycles. The average molecular weight is 155 g/mol. The molecule has 0 heterocycles. The van der Waals surface area contributed by atoms with E-state index < -0.39 is 0 Å². The van der Waals surface area contributed by atoms with E-state index in [4.69, 9.17) is 0 Å². The van der Waals surface area contributed by atoms with Crippen LogP contribution in [0.25, 0.3) is 0 Å². The molecule has 0 fully saturated rings. The second kappa shape index (κ2) is 6.49. The molecule has 0 spiro atoms. The summed E-state index contributed by atoms with van der Waals surface area (Å²) in [5.74, 6) is 0. The molecule has 0 amide bonds. The lowest BCUT2D eigenvalue weighted by atomic mass is 10.2. The maximum Gasteiger partial charge on any atom is 0.00277 e. The van der Waals surface area contributed by atoms with Gasteiger partial charge in [-0.1, -0.05) is 6.08 Å². The fraction of sp³-hybridized carbons (Fsp3) is 0.250. The van der Waals surface area contributed by atoms with Gasteiger partial charge in [-0.3, -0.25) is 0 Å². The molecule has 0 aliphatic carbocycles. The molecule has 0 aliphatic rings. The Kier molecular flexibility index (Phi) is 6.08. The third-order valence-electron chi connectivity index (χ3n) is 1.04. The molecule has 0 unspecified atom stereocenters. The summed E-state index contributed by atoms with van der Waals surface area (Å²) in [6, 6.07) is 0. The highest BCUT2D eigenvalue weighted by Gasteiger charge is 1.78. The lowest BCUT2D eigenvalue weighted by Crippen LogP contribution is -1.90. The first-order valence-corrected chi connectivity index (χ1v) is 3.67. The summed E-state index contributed by atoms with van der Waals surface area (Å²) < 4.78 is 0. The Morgan fingerprint density at radius 1 is 1.40 bits per heavy atom. The van der Waals surface area contributed by atoms with Crippen LogP contribution in [0.3, 0.4) is 0 Å². The normalized spacial score (nSPS) is 13.3. The number of allylic oxidation sites excluding steroid dienone is 4. The average Bonchev–Trinajstić information content (AvgIpc) is 1.98. The van der Waals surface area contributed by atoms with Gasteiger partial charge in [0, 0.05) is 7.05 Å². The van der Waals surface area contributed by atoms with Crippen molar-refractivity contribution in [2.45, 2.75) is 6.92 Å². The van der Waals surface area contributed by atoms with Crippen molar-refractivity contribution in [3.05, 3.63) is 35.4 Å². The topological polar surface area (TPSA) is 12.0 Å². The quantitative estimate of drug-likeness (QED) is 0.470. The molecule has 0 saturated heterocycles. The second-order valence-electron chi connectivity index (χ2n) is 1.73. The Bertz CT molecular complexity index is 157. The number of thiol groups is 1. The van der Waals surface area contributed by atoms with Crippen LogP contribution in [0.2, 0.25) is 0 Å². The van der Waals surface area contributed by atoms with Crippen molar-refractivity contribution >= 4 is 12.6 Å². The van der Waals surface area contributed by atoms with Crippen LogP contribution in [0.1, 0.15) is 6.92 Å². The van der Waals surface area contributed by atoms with Crippen LogP contribution in [0, 0.1) is 0 Å². The minimum absolute atomic E-state index is 1.14. The lowest BCUT2D eigenvalue weighted by molar-refractivity contribution is 1.10. The molecular weight excluding hydrogens is 142 g/mol. The maximum atomic E-state index is 3.96. The summed E-state index contributed by atoms with van der Waals surface area (Å²) in [6.45, 7) is 1.99. The van der Waals surface area contributed by atoms with Crippen molar-refractivity contribution in [1.29, 1.82) is 0 Å². The molecule has 0 radical (unpaired) electrons. The van der Waals surface area contributed by atoms with Crippen LogP contribution in [0.5, 0.6) is 0 Å². The van der Waals surface area contributed by atoms with E-state index >= 15 is 0 Å². The monoisotopic (exact) mass is 155 g/mol. The molecule has 10 heavy (non-hydrogen) atoms. The van der Waals surface area contributed by atoms with Crippen LogP contribution >= 0.6 is 12.6 Å². The Labute approximate surface area is 67.9 Å². The van der Waals surface area contributed by atoms with E-state index in [1.54, 1.807) is 5.41 Å². The van der Waals surface area contributed by atoms with Crippen LogP contribution < -0.4 is 5.32 Å². The first-order chi connectivity index (χ1) is 4.85. The summed E-state index contributed by atoms with van der Waals surface area (Å²) >= 11 is 3.96. The smallest absolute Gasteiger partial charge is 0.00277 e. The van der Waals surface area contributed by atoms with Gasteiger partial charge in [-0.15, -0.1) is 0 Å². The Balaban J connectivity index is 3.97. The predicted molar refractivity (Wildman–Crippen MR) is 50.1 cm³/mol. The molecule has 0 rings (SSSR count). The second-order valence-corrected chi connectivity index (χ2v) is 2.02. The van der Waals surface area contributed by atoms with Crippen molar-refractivity contribution in [3.8, 4) is 0 Å². The third-order valence-corrected chi connectivity index (χ3v) is 1.19. The minimum atomic E-state index is 1.14. The highest BCUT2D eigenvalue weighted by molar-refractivity contribution is 7.83. The van der Waals surface area contributed by atoms with Crippen molar-refractivity contribution in [2.24, 2.45) is 0 Å². The maximum absolute atomic E-state index is 3.96. The first-order valence-electron chi connectivity index (χ1n) is 3.16. The zero-order valence-electron chi connectivity index (χ0n) is 6.33. The van der Waals surface area contributed by atoms with E-state index in [1.807, 2.05) is 38.4 Å². The number of nitrogens with one attached hydrogen (secondary N) is 1. The van der Waals surface area contributed by atoms with E-state index in [0.29, 0.717) is 0 Å². The van der Waals surface area contributed by atoms with Gasteiger partial charge in [0.25, 0.3) is 0 Å². The van der Waals surface area contributed by atoms with Crippen LogP contribution in [0.4, 0.5) is 0 Å². The molecule has 0 aromatic carbocycles. The Morgan fingerprint density at radius 2 is 2.10 bits per heavy atom. The summed E-state index contributed by atoms with van der Waals surface area (Å²) in [4.78, 5) is 0. The minimum Gasteiger partial charge on any atom is -0.394 e. The number of hydrogen-bond acceptors (Lipinski definition) is 2. The fourth-order valence-corrected chi connectivity index (χ4v) is 0.686. The summed E-state index contributed by atoms with van der Waals surface area (Å²) in [7, 11) is 1.87. The fourth-order valence-electron chi connectivity index (χ4n) is 0.514. The first kappa shape index (κ1) is 9.37. The predicted octanol–water partition coefficient (Wildman–Crippen LogP) is 2.11. The highest BCUT2D eigenvalue weighted by atomic mass is 32.1. The summed E-state index contributed by atoms with van der Waals surface area (Å²) in [5, 5.41) is 4.63. The standard InChI is InChI=1S/C8H13NS/c1-3-8(5-7-10)4-6-9-2/h3-7,9-10H,1-2H3/b6-4-,7-5-,8-3+. The number of hydrogen-bond donors (Lipinski definition) is 2. The third kappa shape index (κ3) is 4.27. The molecule has 1 N–H and O–H groups in total. The molecule has 2 heteroatoms. The van der Waals surface area contributed by atoms with E-state index in [9.17, 15) is 0 Å². The summed E-state index contributed by atoms with van der Waals surface area (Å²) in [6.07, 6.45) is 7.80. The SMILES string of the molecule is C/C=C(/C=C\S)\C=C/NC. The van der Waals surface area contributed by atoms with Gasteiger partial charge in [0.1, 0.15) is 0 Å². The van der Waals surface area contributed by atoms with Gasteiger partial charge in [-0.2, -0.15) is 12.6 Å². The molecule has 0 saturated carbocycles. The van der Waals surface area contributed by atoms with E-state index in [-0.39, 0.29) is 0 Å². The van der Waals surface area contributed by atoms with Gasteiger partial charge in [0.15, 0.2) is 0 Å². The molecule has 0 aliphatic heterocycles. The van der Waals surface area contributed by atoms with Gasteiger partial charge in [-0.25, -0.2) is 0 Å². The molecule has 0 bridgehead atoms. The number of rotatable bonds is 3. The van der Waals surface area contributed by atoms with Gasteiger partial charge < -0.3 is 5.32 Å². The van der Waals surface area contributed by atoms with Crippen molar-refractivity contribution < 1.29 is 0 Å². The Hall–Kier alpha value is -0.630. The lowest BCUT2D eigenvalue weighted by Gasteiger charge is -1.89. The van der Waals surface area contributed by atoms with Gasteiger partial charge >= 0.3 is 0 Å². The molecule has 1 nitrogen and oxygen atoms in total. The molecule has 0 aromatic rings. The van der Waals surface area contributed by atoms with Crippen molar-refractivity contribution in [1.82, 2.24) is 5.32 Å². The zero-order valence-corrected chi connectivity index (χ0v) is 7.23. The van der Waals surface area contributed by atoms with Crippen LogP contribution in [-0.4, -0.2) is 7.05 Å². The van der Waals surface area contributed by atoms with Crippen LogP contribution in [-0.2, 0) is 0 Å². The van der Waals surface area contributed by atoms with Crippen LogP contribution in [0.15, 0.2) is 35.4 Å². The largest absolute Gasteiger partial charge is 0.394 e. The highest BCUT2D eigenvalue weighted by Crippen LogP contribution is 1.98. The van der Waals surface area contributed by atoms with E-state index in [2.05, 4.69) is 17.9 Å². The van der Waals surface area contributed by atoms with Gasteiger partial charge in [-0.05, 0) is 36.3 Å². The molecular formula is C8H13NS. The zero-order chi connectivity index (χ0) is 7.82. The van der Waals surface area contributed by atoms with Gasteiger partial charge in [0.2, 0.25) is 0 Å². The van der Waals surface area contributed by atoms with E-state index in [0.717, 1.165) is 5.57 Å². The molecule has 0 atom stereocenters. The van der Waals surface area contributed by atoms with Crippen molar-refractivity contribution in [3.63, 3.8) is 0 Å².